The Balaban J connectivity index is 3.86. The van der Waals surface area contributed by atoms with E-state index in [1.54, 1.807) is 5.84 Å². The van der Waals surface area contributed by atoms with E-state index in [-0.39, 0.29) is 0 Å². The van der Waals surface area contributed by atoms with Crippen LogP contribution in [-0.2, 0) is 0 Å². The molecule has 0 bridgehead atoms. The fraction of sp³-hybridized carbons (Fsp3) is 0.889. The van der Waals surface area contributed by atoms with Gasteiger partial charge in [-0.05, 0) is 11.8 Å². The van der Waals surface area contributed by atoms with Crippen LogP contribution in [0.25, 0.3) is 0 Å². The molecular formula is C9H21NOSi. The van der Waals surface area contributed by atoms with Crippen molar-refractivity contribution in [3.63, 3.8) is 0 Å². The summed E-state index contributed by atoms with van der Waals surface area (Å²) in [5.41, 5.74) is 0. The number of nitrogens with zero attached hydrogens (tertiary/aromatic N) is 1. The molecule has 0 heterocycles. The zero-order valence-corrected chi connectivity index (χ0v) is 9.77. The summed E-state index contributed by atoms with van der Waals surface area (Å²) < 4.78 is 0. The third kappa shape index (κ3) is 6.40. The van der Waals surface area contributed by atoms with Crippen LogP contribution >= 0.6 is 0 Å². The quantitative estimate of drug-likeness (QED) is 0.305. The van der Waals surface area contributed by atoms with Crippen LogP contribution in [0.15, 0.2) is 5.16 Å². The Kier molecular flexibility index (Phi) is 6.07. The largest absolute Gasteiger partial charge is 0.411 e. The zero-order valence-electron chi connectivity index (χ0n) is 8.62. The Morgan fingerprint density at radius 1 is 1.17 bits per heavy atom. The molecule has 2 nitrogen and oxygen atoms in total. The molecule has 0 amide bonds. The highest BCUT2D eigenvalue weighted by atomic mass is 28.3. The van der Waals surface area contributed by atoms with Crippen LogP contribution in [0.3, 0.4) is 0 Å². The van der Waals surface area contributed by atoms with Gasteiger partial charge in [-0.25, -0.2) is 0 Å². The third-order valence-electron chi connectivity index (χ3n) is 1.83. The van der Waals surface area contributed by atoms with Gasteiger partial charge in [-0.1, -0.05) is 39.8 Å². The molecule has 3 heteroatoms. The summed E-state index contributed by atoms with van der Waals surface area (Å²) in [6.07, 6.45) is 0. The number of rotatable bonds is 5. The maximum Gasteiger partial charge on any atom is 0.0899 e. The minimum absolute atomic E-state index is 0.735. The van der Waals surface area contributed by atoms with Crippen molar-refractivity contribution in [3.05, 3.63) is 0 Å². The van der Waals surface area contributed by atoms with Gasteiger partial charge in [0.2, 0.25) is 0 Å². The summed E-state index contributed by atoms with van der Waals surface area (Å²) in [6, 6.07) is 2.50. The molecule has 0 aromatic carbocycles. The highest BCUT2D eigenvalue weighted by Gasteiger charge is 2.12. The van der Waals surface area contributed by atoms with Gasteiger partial charge in [0.25, 0.3) is 0 Å². The summed E-state index contributed by atoms with van der Waals surface area (Å²) in [4.78, 5) is 0. The second-order valence-electron chi connectivity index (χ2n) is 4.28. The molecule has 72 valence electrons. The van der Waals surface area contributed by atoms with Gasteiger partial charge in [0.15, 0.2) is 0 Å². The molecule has 0 aromatic heterocycles. The Labute approximate surface area is 77.3 Å². The summed E-state index contributed by atoms with van der Waals surface area (Å²) in [5, 5.41) is 11.6. The molecule has 12 heavy (non-hydrogen) atoms. The minimum atomic E-state index is -0.891. The van der Waals surface area contributed by atoms with Crippen molar-refractivity contribution in [2.24, 2.45) is 17.0 Å². The zero-order chi connectivity index (χ0) is 9.56. The van der Waals surface area contributed by atoms with Crippen LogP contribution in [0.4, 0.5) is 0 Å². The second kappa shape index (κ2) is 6.23. The first-order valence-electron chi connectivity index (χ1n) is 4.73. The van der Waals surface area contributed by atoms with Gasteiger partial charge in [-0.2, -0.15) is 0 Å². The molecule has 0 aliphatic rings. The summed E-state index contributed by atoms with van der Waals surface area (Å²) in [7, 11) is -0.891. The molecule has 0 unspecified atom stereocenters. The van der Waals surface area contributed by atoms with Gasteiger partial charge in [-0.3, -0.25) is 0 Å². The molecule has 0 spiro atoms. The molecule has 0 rings (SSSR count). The van der Waals surface area contributed by atoms with Crippen LogP contribution in [-0.4, -0.2) is 19.8 Å². The van der Waals surface area contributed by atoms with Crippen molar-refractivity contribution in [3.8, 4) is 0 Å². The molecule has 0 saturated heterocycles. The molecule has 0 atom stereocenters. The van der Waals surface area contributed by atoms with E-state index in [1.165, 1.54) is 12.1 Å². The second-order valence-corrected chi connectivity index (χ2v) is 7.04. The molecule has 0 aliphatic heterocycles. The molecular weight excluding hydrogens is 166 g/mol. The Hall–Kier alpha value is -0.313. The van der Waals surface area contributed by atoms with Gasteiger partial charge in [-0.15, -0.1) is 5.16 Å². The molecule has 0 fully saturated rings. The number of hydrogen-bond acceptors (Lipinski definition) is 2. The standard InChI is InChI=1S/C9H21NOSi/c1-8(2)5-12(7-10-11)6-9(3)4/h7-9,11-12H,5-6H2,1-4H3. The molecule has 1 N–H and O–H groups in total. The van der Waals surface area contributed by atoms with E-state index in [0.29, 0.717) is 0 Å². The lowest BCUT2D eigenvalue weighted by molar-refractivity contribution is 0.322. The Morgan fingerprint density at radius 3 is 1.83 bits per heavy atom. The maximum absolute atomic E-state index is 8.47. The van der Waals surface area contributed by atoms with Crippen molar-refractivity contribution in [2.45, 2.75) is 39.8 Å². The molecule has 0 aliphatic carbocycles. The van der Waals surface area contributed by atoms with Gasteiger partial charge in [0, 0.05) is 5.84 Å². The Morgan fingerprint density at radius 2 is 1.58 bits per heavy atom. The highest BCUT2D eigenvalue weighted by molar-refractivity contribution is 6.85. The predicted molar refractivity (Wildman–Crippen MR) is 56.7 cm³/mol. The summed E-state index contributed by atoms with van der Waals surface area (Å²) >= 11 is 0. The predicted octanol–water partition coefficient (Wildman–Crippen LogP) is 2.52. The summed E-state index contributed by atoms with van der Waals surface area (Å²) in [5.74, 6) is 3.27. The van der Waals surface area contributed by atoms with E-state index in [4.69, 9.17) is 5.21 Å². The highest BCUT2D eigenvalue weighted by Crippen LogP contribution is 2.12. The van der Waals surface area contributed by atoms with Gasteiger partial charge >= 0.3 is 0 Å². The molecule has 0 saturated carbocycles. The van der Waals surface area contributed by atoms with Crippen LogP contribution < -0.4 is 0 Å². The first kappa shape index (κ1) is 11.7. The molecule has 0 radical (unpaired) electrons. The van der Waals surface area contributed by atoms with E-state index in [0.717, 1.165) is 11.8 Å². The maximum atomic E-state index is 8.47. The van der Waals surface area contributed by atoms with Gasteiger partial charge < -0.3 is 5.21 Å². The van der Waals surface area contributed by atoms with Crippen LogP contribution in [0.1, 0.15) is 27.7 Å². The van der Waals surface area contributed by atoms with Crippen molar-refractivity contribution in [1.82, 2.24) is 0 Å². The van der Waals surface area contributed by atoms with E-state index in [1.807, 2.05) is 0 Å². The van der Waals surface area contributed by atoms with Crippen molar-refractivity contribution < 1.29 is 5.21 Å². The fourth-order valence-electron chi connectivity index (χ4n) is 1.52. The Bertz CT molecular complexity index is 124. The lowest BCUT2D eigenvalue weighted by Gasteiger charge is -2.14. The van der Waals surface area contributed by atoms with E-state index >= 15 is 0 Å². The lowest BCUT2D eigenvalue weighted by Crippen LogP contribution is -2.19. The average molecular weight is 187 g/mol. The van der Waals surface area contributed by atoms with Crippen molar-refractivity contribution in [1.29, 1.82) is 0 Å². The SMILES string of the molecule is CC(C)C[SiH](C=NO)CC(C)C. The normalized spacial score (nSPS) is 12.6. The van der Waals surface area contributed by atoms with Crippen molar-refractivity contribution in [2.75, 3.05) is 0 Å². The van der Waals surface area contributed by atoms with Crippen LogP contribution in [0, 0.1) is 11.8 Å². The van der Waals surface area contributed by atoms with E-state index in [2.05, 4.69) is 32.9 Å². The van der Waals surface area contributed by atoms with Crippen LogP contribution in [0.2, 0.25) is 12.1 Å². The van der Waals surface area contributed by atoms with Crippen LogP contribution in [0.5, 0.6) is 0 Å². The van der Waals surface area contributed by atoms with Crippen molar-refractivity contribution >= 4 is 14.6 Å². The number of hydrogen-bond donors (Lipinski definition) is 1. The first-order chi connectivity index (χ1) is 5.56. The average Bonchev–Trinajstić information content (AvgIpc) is 1.84. The molecule has 0 aromatic rings. The first-order valence-corrected chi connectivity index (χ1v) is 7.03. The van der Waals surface area contributed by atoms with Gasteiger partial charge in [0.05, 0.1) is 8.80 Å². The van der Waals surface area contributed by atoms with E-state index < -0.39 is 8.80 Å². The monoisotopic (exact) mass is 187 g/mol. The topological polar surface area (TPSA) is 32.6 Å². The summed E-state index contributed by atoms with van der Waals surface area (Å²) in [6.45, 7) is 8.91. The van der Waals surface area contributed by atoms with E-state index in [9.17, 15) is 0 Å². The third-order valence-corrected chi connectivity index (χ3v) is 5.48. The fourth-order valence-corrected chi connectivity index (χ4v) is 4.57. The smallest absolute Gasteiger partial charge is 0.0899 e. The lowest BCUT2D eigenvalue weighted by atomic mass is 10.3. The van der Waals surface area contributed by atoms with Gasteiger partial charge in [0.1, 0.15) is 0 Å². The minimum Gasteiger partial charge on any atom is -0.411 e. The number of oxime groups is 1.